The third-order valence-corrected chi connectivity index (χ3v) is 4.90. The smallest absolute Gasteiger partial charge is 0.227 e. The number of anilines is 3. The Morgan fingerprint density at radius 2 is 1.90 bits per heavy atom. The highest BCUT2D eigenvalue weighted by atomic mass is 16.2. The van der Waals surface area contributed by atoms with E-state index in [1.54, 1.807) is 35.2 Å². The van der Waals surface area contributed by atoms with Crippen molar-refractivity contribution in [2.24, 2.45) is 0 Å². The fourth-order valence-corrected chi connectivity index (χ4v) is 3.42. The van der Waals surface area contributed by atoms with Crippen LogP contribution in [0.2, 0.25) is 0 Å². The molecule has 1 saturated heterocycles. The minimum atomic E-state index is -0.276. The molecule has 0 atom stereocenters. The van der Waals surface area contributed by atoms with Gasteiger partial charge in [0, 0.05) is 49.4 Å². The van der Waals surface area contributed by atoms with Gasteiger partial charge < -0.3 is 15.1 Å². The molecule has 1 aliphatic heterocycles. The summed E-state index contributed by atoms with van der Waals surface area (Å²) in [5, 5.41) is 11.7. The maximum Gasteiger partial charge on any atom is 0.227 e. The minimum Gasteiger partial charge on any atom is -0.326 e. The summed E-state index contributed by atoms with van der Waals surface area (Å²) in [7, 11) is 0. The standard InChI is InChI=1S/C23H24N4O3/c24-14-6-16-26(19-8-2-1-3-9-19)23(30)13-12-21(28)25-18-7-4-10-20(17-18)27-15-5-11-22(27)29/h1-4,7-10,17H,5-6,11-13,15-16H2,(H,25,28). The highest BCUT2D eigenvalue weighted by Gasteiger charge is 2.22. The fraction of sp³-hybridized carbons (Fsp3) is 0.304. The first-order chi connectivity index (χ1) is 14.6. The maximum absolute atomic E-state index is 12.7. The zero-order valence-electron chi connectivity index (χ0n) is 16.7. The van der Waals surface area contributed by atoms with E-state index in [0.717, 1.165) is 12.1 Å². The van der Waals surface area contributed by atoms with Gasteiger partial charge in [0.1, 0.15) is 0 Å². The van der Waals surface area contributed by atoms with Crippen LogP contribution in [-0.4, -0.2) is 30.8 Å². The highest BCUT2D eigenvalue weighted by Crippen LogP contribution is 2.24. The number of para-hydroxylation sites is 1. The topological polar surface area (TPSA) is 93.5 Å². The van der Waals surface area contributed by atoms with Gasteiger partial charge in [0.05, 0.1) is 12.5 Å². The Balaban J connectivity index is 1.57. The van der Waals surface area contributed by atoms with Crippen LogP contribution in [-0.2, 0) is 14.4 Å². The molecule has 30 heavy (non-hydrogen) atoms. The van der Waals surface area contributed by atoms with Gasteiger partial charge in [-0.1, -0.05) is 24.3 Å². The lowest BCUT2D eigenvalue weighted by Crippen LogP contribution is -2.32. The number of hydrogen-bond donors (Lipinski definition) is 1. The zero-order chi connectivity index (χ0) is 21.3. The largest absolute Gasteiger partial charge is 0.326 e. The van der Waals surface area contributed by atoms with E-state index in [0.29, 0.717) is 24.3 Å². The Bertz CT molecular complexity index is 952. The first kappa shape index (κ1) is 21.1. The molecule has 7 nitrogen and oxygen atoms in total. The van der Waals surface area contributed by atoms with Crippen LogP contribution < -0.4 is 15.1 Å². The van der Waals surface area contributed by atoms with E-state index >= 15 is 0 Å². The van der Waals surface area contributed by atoms with Crippen LogP contribution in [0.5, 0.6) is 0 Å². The Hall–Kier alpha value is -3.66. The molecule has 3 amide bonds. The molecular formula is C23H24N4O3. The number of amides is 3. The van der Waals surface area contributed by atoms with Crippen LogP contribution in [0.4, 0.5) is 17.1 Å². The second-order valence-electron chi connectivity index (χ2n) is 7.04. The number of rotatable bonds is 8. The minimum absolute atomic E-state index is 0.0294. The van der Waals surface area contributed by atoms with Crippen molar-refractivity contribution in [1.29, 1.82) is 5.26 Å². The molecule has 0 unspecified atom stereocenters. The van der Waals surface area contributed by atoms with Crippen molar-refractivity contribution < 1.29 is 14.4 Å². The molecule has 2 aromatic rings. The summed E-state index contributed by atoms with van der Waals surface area (Å²) < 4.78 is 0. The van der Waals surface area contributed by atoms with Crippen molar-refractivity contribution in [3.8, 4) is 6.07 Å². The van der Waals surface area contributed by atoms with Crippen molar-refractivity contribution in [2.75, 3.05) is 28.2 Å². The number of carbonyl (C=O) groups is 3. The van der Waals surface area contributed by atoms with Crippen LogP contribution in [0, 0.1) is 11.3 Å². The number of carbonyl (C=O) groups excluding carboxylic acids is 3. The summed E-state index contributed by atoms with van der Waals surface area (Å²) in [6, 6.07) is 18.3. The lowest BCUT2D eigenvalue weighted by Gasteiger charge is -2.21. The summed E-state index contributed by atoms with van der Waals surface area (Å²) in [6.45, 7) is 0.968. The molecule has 0 saturated carbocycles. The van der Waals surface area contributed by atoms with E-state index in [1.807, 2.05) is 24.3 Å². The zero-order valence-corrected chi connectivity index (χ0v) is 16.7. The summed E-state index contributed by atoms with van der Waals surface area (Å²) >= 11 is 0. The monoisotopic (exact) mass is 404 g/mol. The Morgan fingerprint density at radius 1 is 1.10 bits per heavy atom. The second kappa shape index (κ2) is 10.2. The van der Waals surface area contributed by atoms with Crippen LogP contribution in [0.25, 0.3) is 0 Å². The summed E-state index contributed by atoms with van der Waals surface area (Å²) in [5.74, 6) is -0.396. The quantitative estimate of drug-likeness (QED) is 0.729. The third-order valence-electron chi connectivity index (χ3n) is 4.90. The van der Waals surface area contributed by atoms with E-state index in [1.165, 1.54) is 4.90 Å². The number of hydrogen-bond acceptors (Lipinski definition) is 4. The van der Waals surface area contributed by atoms with Gasteiger partial charge in [0.25, 0.3) is 0 Å². The molecule has 0 spiro atoms. The van der Waals surface area contributed by atoms with Gasteiger partial charge in [-0.25, -0.2) is 0 Å². The third kappa shape index (κ3) is 5.45. The molecule has 1 N–H and O–H groups in total. The Labute approximate surface area is 175 Å². The molecule has 1 heterocycles. The van der Waals surface area contributed by atoms with Crippen molar-refractivity contribution >= 4 is 34.8 Å². The lowest BCUT2D eigenvalue weighted by atomic mass is 10.2. The van der Waals surface area contributed by atoms with E-state index < -0.39 is 0 Å². The summed E-state index contributed by atoms with van der Waals surface area (Å²) in [5.41, 5.74) is 2.06. The molecule has 1 aliphatic rings. The van der Waals surface area contributed by atoms with Gasteiger partial charge in [0.15, 0.2) is 0 Å². The van der Waals surface area contributed by atoms with Gasteiger partial charge in [-0.05, 0) is 36.8 Å². The first-order valence-corrected chi connectivity index (χ1v) is 10.0. The Morgan fingerprint density at radius 3 is 2.60 bits per heavy atom. The fourth-order valence-electron chi connectivity index (χ4n) is 3.42. The predicted molar refractivity (Wildman–Crippen MR) is 115 cm³/mol. The van der Waals surface area contributed by atoms with E-state index in [2.05, 4.69) is 11.4 Å². The van der Waals surface area contributed by atoms with Gasteiger partial charge in [0.2, 0.25) is 17.7 Å². The lowest BCUT2D eigenvalue weighted by molar-refractivity contribution is -0.122. The molecular weight excluding hydrogens is 380 g/mol. The van der Waals surface area contributed by atoms with Crippen LogP contribution >= 0.6 is 0 Å². The summed E-state index contributed by atoms with van der Waals surface area (Å²) in [6.07, 6.45) is 1.66. The van der Waals surface area contributed by atoms with Crippen molar-refractivity contribution in [1.82, 2.24) is 0 Å². The molecule has 2 aromatic carbocycles. The van der Waals surface area contributed by atoms with E-state index in [-0.39, 0.29) is 43.5 Å². The Kier molecular flexibility index (Phi) is 7.17. The molecule has 0 radical (unpaired) electrons. The molecule has 1 fully saturated rings. The average Bonchev–Trinajstić information content (AvgIpc) is 3.19. The normalized spacial score (nSPS) is 13.0. The molecule has 0 bridgehead atoms. The molecule has 154 valence electrons. The van der Waals surface area contributed by atoms with Crippen LogP contribution in [0.3, 0.4) is 0 Å². The van der Waals surface area contributed by atoms with Crippen molar-refractivity contribution in [3.05, 3.63) is 54.6 Å². The average molecular weight is 404 g/mol. The molecule has 0 aliphatic carbocycles. The van der Waals surface area contributed by atoms with Crippen molar-refractivity contribution in [2.45, 2.75) is 32.1 Å². The number of nitrogens with zero attached hydrogens (tertiary/aromatic N) is 3. The van der Waals surface area contributed by atoms with E-state index in [9.17, 15) is 14.4 Å². The van der Waals surface area contributed by atoms with Crippen molar-refractivity contribution in [3.63, 3.8) is 0 Å². The first-order valence-electron chi connectivity index (χ1n) is 10.0. The number of nitrogens with one attached hydrogen (secondary N) is 1. The maximum atomic E-state index is 12.7. The second-order valence-corrected chi connectivity index (χ2v) is 7.04. The SMILES string of the molecule is N#CCCN(C(=O)CCC(=O)Nc1cccc(N2CCCC2=O)c1)c1ccccc1. The number of benzene rings is 2. The van der Waals surface area contributed by atoms with Gasteiger partial charge in [-0.15, -0.1) is 0 Å². The summed E-state index contributed by atoms with van der Waals surface area (Å²) in [4.78, 5) is 40.2. The van der Waals surface area contributed by atoms with Crippen LogP contribution in [0.1, 0.15) is 32.1 Å². The predicted octanol–water partition coefficient (Wildman–Crippen LogP) is 3.48. The number of nitriles is 1. The molecule has 0 aromatic heterocycles. The van der Waals surface area contributed by atoms with Gasteiger partial charge in [-0.3, -0.25) is 14.4 Å². The highest BCUT2D eigenvalue weighted by molar-refractivity contribution is 5.99. The van der Waals surface area contributed by atoms with Gasteiger partial charge in [-0.2, -0.15) is 5.26 Å². The van der Waals surface area contributed by atoms with Crippen LogP contribution in [0.15, 0.2) is 54.6 Å². The molecule has 7 heteroatoms. The van der Waals surface area contributed by atoms with E-state index in [4.69, 9.17) is 5.26 Å². The molecule has 3 rings (SSSR count). The van der Waals surface area contributed by atoms with Gasteiger partial charge >= 0.3 is 0 Å².